The van der Waals surface area contributed by atoms with Gasteiger partial charge >= 0.3 is 5.97 Å². The van der Waals surface area contributed by atoms with E-state index in [0.29, 0.717) is 38.3 Å². The number of halogens is 1. The van der Waals surface area contributed by atoms with Crippen molar-refractivity contribution in [3.05, 3.63) is 51.3 Å². The molecular formula is C23H23BrN2O6S. The molecule has 174 valence electrons. The molecule has 2 aromatic carbocycles. The van der Waals surface area contributed by atoms with Crippen molar-refractivity contribution >= 4 is 56.5 Å². The van der Waals surface area contributed by atoms with Gasteiger partial charge in [-0.05, 0) is 89.6 Å². The number of methoxy groups -OCH3 is 1. The van der Waals surface area contributed by atoms with Gasteiger partial charge in [0.25, 0.3) is 5.91 Å². The molecule has 0 bridgehead atoms. The molecule has 1 N–H and O–H groups in total. The number of amidine groups is 1. The molecule has 0 unspecified atom stereocenters. The summed E-state index contributed by atoms with van der Waals surface area (Å²) < 4.78 is 21.9. The average molecular weight is 535 g/mol. The number of ether oxygens (including phenoxy) is 4. The van der Waals surface area contributed by atoms with Crippen molar-refractivity contribution in [1.82, 2.24) is 5.32 Å². The van der Waals surface area contributed by atoms with Crippen molar-refractivity contribution in [3.63, 3.8) is 0 Å². The number of carbonyl (C=O) groups excluding carboxylic acids is 2. The molecule has 0 radical (unpaired) electrons. The van der Waals surface area contributed by atoms with E-state index < -0.39 is 5.97 Å². The van der Waals surface area contributed by atoms with Crippen LogP contribution in [0.2, 0.25) is 0 Å². The number of nitrogens with one attached hydrogen (secondary N) is 1. The number of carbonyl (C=O) groups is 2. The van der Waals surface area contributed by atoms with Crippen LogP contribution in [0, 0.1) is 0 Å². The number of nitrogens with zero attached hydrogens (tertiary/aromatic N) is 1. The quantitative estimate of drug-likeness (QED) is 0.368. The van der Waals surface area contributed by atoms with Gasteiger partial charge in [0.15, 0.2) is 23.3 Å². The first-order valence-corrected chi connectivity index (χ1v) is 11.7. The second-order valence-corrected chi connectivity index (χ2v) is 8.42. The fraction of sp³-hybridized carbons (Fsp3) is 0.261. The van der Waals surface area contributed by atoms with E-state index in [0.717, 1.165) is 11.3 Å². The topological polar surface area (TPSA) is 95.5 Å². The lowest BCUT2D eigenvalue weighted by Crippen LogP contribution is -2.19. The second kappa shape index (κ2) is 11.8. The van der Waals surface area contributed by atoms with Gasteiger partial charge in [-0.3, -0.25) is 4.79 Å². The van der Waals surface area contributed by atoms with Gasteiger partial charge in [0.2, 0.25) is 0 Å². The number of esters is 1. The van der Waals surface area contributed by atoms with Crippen LogP contribution in [-0.2, 0) is 14.3 Å². The standard InChI is InChI=1S/C23H23BrN2O6S/c1-4-30-18-11-14(10-17(24)21(18)32-13-20(27)31-5-2)12-19-22(28)26-23(33-19)25-15-6-8-16(29-3)9-7-15/h6-12H,4-5,13H2,1-3H3,(H,25,26,28)/b19-12+. The highest BCUT2D eigenvalue weighted by atomic mass is 79.9. The van der Waals surface area contributed by atoms with E-state index in [1.165, 1.54) is 11.8 Å². The van der Waals surface area contributed by atoms with E-state index in [1.54, 1.807) is 56.5 Å². The van der Waals surface area contributed by atoms with Gasteiger partial charge in [-0.15, -0.1) is 0 Å². The SMILES string of the molecule is CCOC(=O)COc1c(Br)cc(/C=C2/SC(=Nc3ccc(OC)cc3)NC2=O)cc1OCC. The Labute approximate surface area is 204 Å². The minimum Gasteiger partial charge on any atom is -0.497 e. The summed E-state index contributed by atoms with van der Waals surface area (Å²) in [5.41, 5.74) is 1.42. The van der Waals surface area contributed by atoms with Crippen molar-refractivity contribution in [2.24, 2.45) is 4.99 Å². The Morgan fingerprint density at radius 2 is 1.91 bits per heavy atom. The van der Waals surface area contributed by atoms with Crippen molar-refractivity contribution in [2.75, 3.05) is 26.9 Å². The summed E-state index contributed by atoms with van der Waals surface area (Å²) in [5, 5.41) is 3.25. The minimum absolute atomic E-state index is 0.240. The molecule has 1 heterocycles. The molecule has 10 heteroatoms. The van der Waals surface area contributed by atoms with E-state index in [9.17, 15) is 9.59 Å². The molecule has 0 atom stereocenters. The van der Waals surface area contributed by atoms with E-state index in [4.69, 9.17) is 18.9 Å². The molecule has 0 saturated carbocycles. The largest absolute Gasteiger partial charge is 0.497 e. The molecule has 0 spiro atoms. The fourth-order valence-corrected chi connectivity index (χ4v) is 4.23. The first kappa shape index (κ1) is 24.7. The lowest BCUT2D eigenvalue weighted by Gasteiger charge is -2.14. The predicted molar refractivity (Wildman–Crippen MR) is 131 cm³/mol. The van der Waals surface area contributed by atoms with Gasteiger partial charge in [-0.1, -0.05) is 0 Å². The molecule has 2 aromatic rings. The number of thioether (sulfide) groups is 1. The van der Waals surface area contributed by atoms with Crippen LogP contribution in [0.25, 0.3) is 6.08 Å². The van der Waals surface area contributed by atoms with Crippen LogP contribution in [0.3, 0.4) is 0 Å². The van der Waals surface area contributed by atoms with Gasteiger partial charge in [-0.2, -0.15) is 0 Å². The van der Waals surface area contributed by atoms with Gasteiger partial charge in [0.05, 0.1) is 35.4 Å². The van der Waals surface area contributed by atoms with E-state index in [-0.39, 0.29) is 19.1 Å². The van der Waals surface area contributed by atoms with Crippen LogP contribution in [0.15, 0.2) is 50.8 Å². The molecule has 1 aliphatic rings. The van der Waals surface area contributed by atoms with Crippen LogP contribution in [0.4, 0.5) is 5.69 Å². The number of amides is 1. The average Bonchev–Trinajstić information content (AvgIpc) is 3.12. The maximum atomic E-state index is 12.5. The van der Waals surface area contributed by atoms with Crippen LogP contribution < -0.4 is 19.5 Å². The highest BCUT2D eigenvalue weighted by Gasteiger charge is 2.24. The number of hydrogen-bond donors (Lipinski definition) is 1. The number of benzene rings is 2. The van der Waals surface area contributed by atoms with E-state index in [2.05, 4.69) is 26.2 Å². The summed E-state index contributed by atoms with van der Waals surface area (Å²) in [6.07, 6.45) is 1.74. The van der Waals surface area contributed by atoms with Gasteiger partial charge < -0.3 is 24.3 Å². The van der Waals surface area contributed by atoms with E-state index in [1.807, 2.05) is 6.92 Å². The summed E-state index contributed by atoms with van der Waals surface area (Å²) in [4.78, 5) is 29.1. The summed E-state index contributed by atoms with van der Waals surface area (Å²) in [7, 11) is 1.60. The van der Waals surface area contributed by atoms with Crippen LogP contribution in [-0.4, -0.2) is 44.0 Å². The summed E-state index contributed by atoms with van der Waals surface area (Å²) in [6, 6.07) is 10.7. The number of aliphatic imine (C=N–C) groups is 1. The first-order valence-electron chi connectivity index (χ1n) is 10.1. The molecule has 3 rings (SSSR count). The maximum Gasteiger partial charge on any atom is 0.344 e. The Balaban J connectivity index is 1.80. The van der Waals surface area contributed by atoms with Gasteiger partial charge in [-0.25, -0.2) is 9.79 Å². The Morgan fingerprint density at radius 3 is 2.58 bits per heavy atom. The molecule has 1 fully saturated rings. The zero-order valence-electron chi connectivity index (χ0n) is 18.3. The van der Waals surface area contributed by atoms with Gasteiger partial charge in [0.1, 0.15) is 5.75 Å². The lowest BCUT2D eigenvalue weighted by atomic mass is 10.2. The third-order valence-corrected chi connectivity index (χ3v) is 5.72. The molecule has 1 amide bonds. The van der Waals surface area contributed by atoms with Crippen molar-refractivity contribution < 1.29 is 28.5 Å². The second-order valence-electron chi connectivity index (χ2n) is 6.54. The minimum atomic E-state index is -0.472. The fourth-order valence-electron chi connectivity index (χ4n) is 2.81. The normalized spacial score (nSPS) is 15.5. The third kappa shape index (κ3) is 6.75. The molecule has 1 aliphatic heterocycles. The van der Waals surface area contributed by atoms with Crippen LogP contribution >= 0.6 is 27.7 Å². The predicted octanol–water partition coefficient (Wildman–Crippen LogP) is 4.69. The highest BCUT2D eigenvalue weighted by Crippen LogP contribution is 2.38. The molecule has 1 saturated heterocycles. The van der Waals surface area contributed by atoms with Crippen molar-refractivity contribution in [2.45, 2.75) is 13.8 Å². The molecule has 0 aliphatic carbocycles. The number of hydrogen-bond acceptors (Lipinski definition) is 8. The Hall–Kier alpha value is -2.98. The molecule has 8 nitrogen and oxygen atoms in total. The third-order valence-electron chi connectivity index (χ3n) is 4.22. The van der Waals surface area contributed by atoms with E-state index >= 15 is 0 Å². The summed E-state index contributed by atoms with van der Waals surface area (Å²) >= 11 is 4.70. The van der Waals surface area contributed by atoms with Crippen LogP contribution in [0.1, 0.15) is 19.4 Å². The Bertz CT molecular complexity index is 1090. The van der Waals surface area contributed by atoms with Gasteiger partial charge in [0, 0.05) is 0 Å². The first-order chi connectivity index (χ1) is 15.9. The molecular weight excluding hydrogens is 512 g/mol. The smallest absolute Gasteiger partial charge is 0.344 e. The Morgan fingerprint density at radius 1 is 1.15 bits per heavy atom. The lowest BCUT2D eigenvalue weighted by molar-refractivity contribution is -0.145. The molecule has 33 heavy (non-hydrogen) atoms. The summed E-state index contributed by atoms with van der Waals surface area (Å²) in [5.74, 6) is 0.841. The zero-order valence-corrected chi connectivity index (χ0v) is 20.7. The van der Waals surface area contributed by atoms with Crippen LogP contribution in [0.5, 0.6) is 17.2 Å². The Kier molecular flexibility index (Phi) is 8.79. The zero-order chi connectivity index (χ0) is 23.8. The number of rotatable bonds is 9. The van der Waals surface area contributed by atoms with Crippen molar-refractivity contribution in [3.8, 4) is 17.2 Å². The maximum absolute atomic E-state index is 12.5. The summed E-state index contributed by atoms with van der Waals surface area (Å²) in [6.45, 7) is 4.01. The monoisotopic (exact) mass is 534 g/mol. The van der Waals surface area contributed by atoms with Crippen molar-refractivity contribution in [1.29, 1.82) is 0 Å². The molecule has 0 aromatic heterocycles. The highest BCUT2D eigenvalue weighted by molar-refractivity contribution is 9.10.